The minimum Gasteiger partial charge on any atom is -0.497 e. The molecule has 0 bridgehead atoms. The normalized spacial score (nSPS) is 10.7. The Morgan fingerprint density at radius 1 is 1.17 bits per heavy atom. The molecule has 29 heavy (non-hydrogen) atoms. The van der Waals surface area contributed by atoms with Crippen LogP contribution in [0.25, 0.3) is 6.08 Å². The van der Waals surface area contributed by atoms with E-state index in [-0.39, 0.29) is 23.0 Å². The number of anilines is 1. The van der Waals surface area contributed by atoms with Crippen LogP contribution in [0.2, 0.25) is 0 Å². The topological polar surface area (TPSA) is 90.9 Å². The highest BCUT2D eigenvalue weighted by Gasteiger charge is 2.24. The number of methoxy groups -OCH3 is 2. The molecule has 0 unspecified atom stereocenters. The Morgan fingerprint density at radius 3 is 2.48 bits per heavy atom. The van der Waals surface area contributed by atoms with Crippen molar-refractivity contribution in [2.24, 2.45) is 0 Å². The Labute approximate surface area is 173 Å². The molecule has 7 nitrogen and oxygen atoms in total. The number of esters is 1. The highest BCUT2D eigenvalue weighted by molar-refractivity contribution is 7.18. The van der Waals surface area contributed by atoms with Crippen LogP contribution >= 0.6 is 11.3 Å². The number of carbonyl (C=O) groups excluding carboxylic acids is 3. The number of rotatable bonds is 8. The number of ketones is 1. The second-order valence-corrected chi connectivity index (χ2v) is 6.99. The number of thiophene rings is 1. The van der Waals surface area contributed by atoms with Gasteiger partial charge in [0, 0.05) is 11.6 Å². The molecule has 2 aromatic rings. The second kappa shape index (κ2) is 9.88. The van der Waals surface area contributed by atoms with Crippen LogP contribution in [0.5, 0.6) is 11.5 Å². The van der Waals surface area contributed by atoms with E-state index in [1.165, 1.54) is 20.1 Å². The van der Waals surface area contributed by atoms with E-state index in [0.717, 1.165) is 11.3 Å². The molecule has 0 fully saturated rings. The molecule has 1 heterocycles. The smallest absolute Gasteiger partial charge is 0.341 e. The van der Waals surface area contributed by atoms with Crippen LogP contribution in [0, 0.1) is 6.92 Å². The zero-order chi connectivity index (χ0) is 21.6. The van der Waals surface area contributed by atoms with Gasteiger partial charge in [-0.1, -0.05) is 0 Å². The molecule has 0 spiro atoms. The van der Waals surface area contributed by atoms with Gasteiger partial charge in [-0.25, -0.2) is 4.79 Å². The summed E-state index contributed by atoms with van der Waals surface area (Å²) in [4.78, 5) is 37.0. The molecule has 0 radical (unpaired) electrons. The predicted molar refractivity (Wildman–Crippen MR) is 112 cm³/mol. The van der Waals surface area contributed by atoms with E-state index in [9.17, 15) is 14.4 Å². The molecule has 0 saturated carbocycles. The predicted octanol–water partition coefficient (Wildman–Crippen LogP) is 4.10. The molecule has 0 saturated heterocycles. The summed E-state index contributed by atoms with van der Waals surface area (Å²) in [7, 11) is 3.08. The number of benzene rings is 1. The van der Waals surface area contributed by atoms with E-state index in [0.29, 0.717) is 27.5 Å². The maximum atomic E-state index is 12.5. The van der Waals surface area contributed by atoms with Crippen molar-refractivity contribution < 1.29 is 28.6 Å². The van der Waals surface area contributed by atoms with Gasteiger partial charge >= 0.3 is 5.97 Å². The third-order valence-corrected chi connectivity index (χ3v) is 5.34. The number of ether oxygens (including phenoxy) is 3. The van der Waals surface area contributed by atoms with Crippen molar-refractivity contribution in [3.63, 3.8) is 0 Å². The van der Waals surface area contributed by atoms with Crippen molar-refractivity contribution in [1.29, 1.82) is 0 Å². The molecule has 8 heteroatoms. The second-order valence-electron chi connectivity index (χ2n) is 5.97. The maximum absolute atomic E-state index is 12.5. The van der Waals surface area contributed by atoms with Crippen molar-refractivity contribution in [3.05, 3.63) is 45.8 Å². The van der Waals surface area contributed by atoms with Crippen LogP contribution < -0.4 is 14.8 Å². The molecule has 1 aromatic carbocycles. The maximum Gasteiger partial charge on any atom is 0.341 e. The van der Waals surface area contributed by atoms with Gasteiger partial charge in [0.25, 0.3) is 0 Å². The zero-order valence-electron chi connectivity index (χ0n) is 17.0. The number of nitrogens with one attached hydrogen (secondary N) is 1. The molecule has 2 rings (SSSR count). The minimum atomic E-state index is -0.581. The van der Waals surface area contributed by atoms with E-state index in [2.05, 4.69) is 5.32 Å². The van der Waals surface area contributed by atoms with Crippen LogP contribution in [0.4, 0.5) is 5.00 Å². The summed E-state index contributed by atoms with van der Waals surface area (Å²) in [6.45, 7) is 4.95. The number of hydrogen-bond acceptors (Lipinski definition) is 7. The lowest BCUT2D eigenvalue weighted by molar-refractivity contribution is -0.111. The van der Waals surface area contributed by atoms with Crippen molar-refractivity contribution in [3.8, 4) is 11.5 Å². The summed E-state index contributed by atoms with van der Waals surface area (Å²) >= 11 is 1.05. The van der Waals surface area contributed by atoms with Crippen molar-refractivity contribution >= 4 is 40.1 Å². The lowest BCUT2D eigenvalue weighted by atomic mass is 10.1. The first-order chi connectivity index (χ1) is 13.8. The van der Waals surface area contributed by atoms with Crippen LogP contribution in [0.3, 0.4) is 0 Å². The standard InChI is InChI=1S/C21H23NO6S/c1-6-28-21(25)18-12(2)19(13(3)23)29-20(18)22-17(24)10-7-14-11-15(26-4)8-9-16(14)27-5/h7-11H,6H2,1-5H3,(H,22,24)/b10-7+. The van der Waals surface area contributed by atoms with E-state index in [4.69, 9.17) is 14.2 Å². The summed E-state index contributed by atoms with van der Waals surface area (Å²) < 4.78 is 15.5. The van der Waals surface area contributed by atoms with Crippen LogP contribution in [-0.4, -0.2) is 38.5 Å². The fourth-order valence-electron chi connectivity index (χ4n) is 2.68. The van der Waals surface area contributed by atoms with E-state index in [1.807, 2.05) is 0 Å². The summed E-state index contributed by atoms with van der Waals surface area (Å²) in [5.41, 5.74) is 1.34. The summed E-state index contributed by atoms with van der Waals surface area (Å²) in [5, 5.41) is 2.95. The van der Waals surface area contributed by atoms with Crippen LogP contribution in [0.15, 0.2) is 24.3 Å². The van der Waals surface area contributed by atoms with Gasteiger partial charge in [0.1, 0.15) is 16.5 Å². The molecule has 1 N–H and O–H groups in total. The zero-order valence-corrected chi connectivity index (χ0v) is 17.8. The third kappa shape index (κ3) is 5.23. The number of amides is 1. The Kier molecular flexibility index (Phi) is 7.55. The van der Waals surface area contributed by atoms with Crippen molar-refractivity contribution in [1.82, 2.24) is 0 Å². The Morgan fingerprint density at radius 2 is 1.90 bits per heavy atom. The summed E-state index contributed by atoms with van der Waals surface area (Å²) in [6, 6.07) is 5.21. The van der Waals surface area contributed by atoms with Gasteiger partial charge in [-0.2, -0.15) is 0 Å². The lowest BCUT2D eigenvalue weighted by Gasteiger charge is -2.07. The average molecular weight is 417 g/mol. The van der Waals surface area contributed by atoms with Gasteiger partial charge in [-0.15, -0.1) is 11.3 Å². The Balaban J connectivity index is 2.31. The minimum absolute atomic E-state index is 0.185. The SMILES string of the molecule is CCOC(=O)c1c(NC(=O)/C=C/c2cc(OC)ccc2OC)sc(C(C)=O)c1C. The molecule has 0 aliphatic carbocycles. The first kappa shape index (κ1) is 22.2. The van der Waals surface area contributed by atoms with Crippen LogP contribution in [0.1, 0.15) is 45.0 Å². The van der Waals surface area contributed by atoms with Crippen molar-refractivity contribution in [2.75, 3.05) is 26.1 Å². The monoisotopic (exact) mass is 417 g/mol. The molecule has 1 amide bonds. The molecule has 0 atom stereocenters. The Hall–Kier alpha value is -3.13. The van der Waals surface area contributed by atoms with E-state index >= 15 is 0 Å². The van der Waals surface area contributed by atoms with Gasteiger partial charge in [0.15, 0.2) is 5.78 Å². The van der Waals surface area contributed by atoms with E-state index < -0.39 is 11.9 Å². The van der Waals surface area contributed by atoms with Crippen LogP contribution in [-0.2, 0) is 9.53 Å². The Bertz CT molecular complexity index is 960. The quantitative estimate of drug-likeness (QED) is 0.395. The average Bonchev–Trinajstić information content (AvgIpc) is 3.02. The first-order valence-electron chi connectivity index (χ1n) is 8.84. The van der Waals surface area contributed by atoms with Crippen molar-refractivity contribution in [2.45, 2.75) is 20.8 Å². The molecule has 154 valence electrons. The summed E-state index contributed by atoms with van der Waals surface area (Å²) in [5.74, 6) is -0.0298. The fourth-order valence-corrected chi connectivity index (χ4v) is 3.77. The van der Waals surface area contributed by atoms with Gasteiger partial charge < -0.3 is 19.5 Å². The molecule has 1 aromatic heterocycles. The number of Topliss-reactive ketones (excluding diaryl/α,β-unsaturated/α-hetero) is 1. The largest absolute Gasteiger partial charge is 0.497 e. The molecular weight excluding hydrogens is 394 g/mol. The number of carbonyl (C=O) groups is 3. The summed E-state index contributed by atoms with van der Waals surface area (Å²) in [6.07, 6.45) is 2.89. The molecule has 0 aliphatic rings. The van der Waals surface area contributed by atoms with Gasteiger partial charge in [-0.05, 0) is 50.6 Å². The van der Waals surface area contributed by atoms with E-state index in [1.54, 1.807) is 45.2 Å². The molecule has 0 aliphatic heterocycles. The third-order valence-electron chi connectivity index (χ3n) is 4.03. The molecular formula is C21H23NO6S. The lowest BCUT2D eigenvalue weighted by Crippen LogP contribution is -2.12. The fraction of sp³-hybridized carbons (Fsp3) is 0.286. The van der Waals surface area contributed by atoms with Gasteiger partial charge in [-0.3, -0.25) is 9.59 Å². The van der Waals surface area contributed by atoms with Gasteiger partial charge in [0.05, 0.1) is 31.3 Å². The first-order valence-corrected chi connectivity index (χ1v) is 9.66. The highest BCUT2D eigenvalue weighted by atomic mass is 32.1. The number of hydrogen-bond donors (Lipinski definition) is 1. The highest BCUT2D eigenvalue weighted by Crippen LogP contribution is 2.34. The van der Waals surface area contributed by atoms with Gasteiger partial charge in [0.2, 0.25) is 5.91 Å².